The van der Waals surface area contributed by atoms with E-state index in [2.05, 4.69) is 20.3 Å². The summed E-state index contributed by atoms with van der Waals surface area (Å²) in [5.41, 5.74) is 0. The number of carbonyl (C=O) groups excluding carboxylic acids is 1. The lowest BCUT2D eigenvalue weighted by molar-refractivity contribution is 0.101. The van der Waals surface area contributed by atoms with E-state index in [1.807, 2.05) is 0 Å². The monoisotopic (exact) mass is 194 g/mol. The van der Waals surface area contributed by atoms with Crippen LogP contribution in [0.5, 0.6) is 0 Å². The van der Waals surface area contributed by atoms with Crippen LogP contribution in [0.15, 0.2) is 24.0 Å². The van der Waals surface area contributed by atoms with Gasteiger partial charge in [-0.25, -0.2) is 9.97 Å². The molecule has 66 valence electrons. The summed E-state index contributed by atoms with van der Waals surface area (Å²) in [4.78, 5) is 21.8. The fraction of sp³-hybridized carbons (Fsp3) is 0. The summed E-state index contributed by atoms with van der Waals surface area (Å²) >= 11 is 1.36. The van der Waals surface area contributed by atoms with Gasteiger partial charge in [0.05, 0.1) is 0 Å². The van der Waals surface area contributed by atoms with Crippen LogP contribution in [-0.4, -0.2) is 20.9 Å². The Labute approximate surface area is 77.9 Å². The highest BCUT2D eigenvalue weighted by molar-refractivity contribution is 7.13. The Bertz CT molecular complexity index is 381. The Morgan fingerprint density at radius 1 is 1.46 bits per heavy atom. The molecule has 0 aliphatic heterocycles. The number of H-pyrrole nitrogens is 1. The van der Waals surface area contributed by atoms with Crippen LogP contribution in [0.25, 0.3) is 0 Å². The van der Waals surface area contributed by atoms with Gasteiger partial charge in [0.2, 0.25) is 0 Å². The SMILES string of the molecule is O=C(Nc1nccs1)c1ncc[nH]1. The third-order valence-electron chi connectivity index (χ3n) is 1.37. The van der Waals surface area contributed by atoms with E-state index in [1.54, 1.807) is 17.8 Å². The minimum atomic E-state index is -0.278. The minimum Gasteiger partial charge on any atom is -0.341 e. The van der Waals surface area contributed by atoms with Crippen LogP contribution in [0.3, 0.4) is 0 Å². The first-order valence-corrected chi connectivity index (χ1v) is 4.44. The number of anilines is 1. The Morgan fingerprint density at radius 3 is 3.00 bits per heavy atom. The largest absolute Gasteiger partial charge is 0.341 e. The molecule has 0 radical (unpaired) electrons. The lowest BCUT2D eigenvalue weighted by Crippen LogP contribution is -2.13. The van der Waals surface area contributed by atoms with E-state index in [4.69, 9.17) is 0 Å². The van der Waals surface area contributed by atoms with Gasteiger partial charge in [0, 0.05) is 24.0 Å². The molecule has 0 aliphatic carbocycles. The average molecular weight is 194 g/mol. The fourth-order valence-corrected chi connectivity index (χ4v) is 1.35. The third kappa shape index (κ3) is 1.73. The second-order valence-electron chi connectivity index (χ2n) is 2.23. The normalized spacial score (nSPS) is 9.85. The Morgan fingerprint density at radius 2 is 2.38 bits per heavy atom. The second kappa shape index (κ2) is 3.36. The van der Waals surface area contributed by atoms with Crippen molar-refractivity contribution < 1.29 is 4.79 Å². The molecule has 0 aliphatic rings. The van der Waals surface area contributed by atoms with Gasteiger partial charge in [-0.2, -0.15) is 0 Å². The summed E-state index contributed by atoms with van der Waals surface area (Å²) in [7, 11) is 0. The second-order valence-corrected chi connectivity index (χ2v) is 3.12. The first-order chi connectivity index (χ1) is 6.36. The lowest BCUT2D eigenvalue weighted by atomic mass is 10.6. The highest BCUT2D eigenvalue weighted by atomic mass is 32.1. The first-order valence-electron chi connectivity index (χ1n) is 3.56. The van der Waals surface area contributed by atoms with Crippen molar-refractivity contribution in [3.05, 3.63) is 29.8 Å². The maximum atomic E-state index is 11.3. The summed E-state index contributed by atoms with van der Waals surface area (Å²) in [6.07, 6.45) is 4.75. The molecule has 0 fully saturated rings. The Balaban J connectivity index is 2.08. The average Bonchev–Trinajstić information content (AvgIpc) is 2.74. The number of rotatable bonds is 2. The standard InChI is InChI=1S/C7H6N4OS/c12-6(5-8-1-2-9-5)11-7-10-3-4-13-7/h1-4H,(H,8,9)(H,10,11,12). The number of carbonyl (C=O) groups is 1. The summed E-state index contributed by atoms with van der Waals surface area (Å²) in [5, 5.41) is 4.96. The zero-order valence-electron chi connectivity index (χ0n) is 6.52. The van der Waals surface area contributed by atoms with Gasteiger partial charge >= 0.3 is 0 Å². The molecule has 2 rings (SSSR count). The summed E-state index contributed by atoms with van der Waals surface area (Å²) in [6, 6.07) is 0. The highest BCUT2D eigenvalue weighted by Gasteiger charge is 2.08. The van der Waals surface area contributed by atoms with Gasteiger partial charge in [-0.05, 0) is 0 Å². The van der Waals surface area contributed by atoms with Crippen molar-refractivity contribution in [3.63, 3.8) is 0 Å². The quantitative estimate of drug-likeness (QED) is 0.752. The van der Waals surface area contributed by atoms with Crippen molar-refractivity contribution in [1.82, 2.24) is 15.0 Å². The number of aromatic nitrogens is 3. The number of nitrogens with one attached hydrogen (secondary N) is 2. The molecule has 2 aromatic rings. The van der Waals surface area contributed by atoms with Crippen molar-refractivity contribution in [2.24, 2.45) is 0 Å². The van der Waals surface area contributed by atoms with Gasteiger partial charge in [-0.1, -0.05) is 0 Å². The first kappa shape index (κ1) is 7.93. The molecule has 5 nitrogen and oxygen atoms in total. The number of hydrogen-bond donors (Lipinski definition) is 2. The van der Waals surface area contributed by atoms with Gasteiger partial charge in [-0.3, -0.25) is 10.1 Å². The summed E-state index contributed by atoms with van der Waals surface area (Å²) in [5.74, 6) is 0.00940. The van der Waals surface area contributed by atoms with Crippen molar-refractivity contribution in [3.8, 4) is 0 Å². The molecule has 2 aromatic heterocycles. The number of amides is 1. The van der Waals surface area contributed by atoms with Crippen molar-refractivity contribution in [2.45, 2.75) is 0 Å². The van der Waals surface area contributed by atoms with Crippen molar-refractivity contribution in [1.29, 1.82) is 0 Å². The molecule has 1 amide bonds. The topological polar surface area (TPSA) is 70.7 Å². The van der Waals surface area contributed by atoms with Crippen LogP contribution in [0.4, 0.5) is 5.13 Å². The highest BCUT2D eigenvalue weighted by Crippen LogP contribution is 2.10. The number of aromatic amines is 1. The van der Waals surface area contributed by atoms with Gasteiger partial charge in [-0.15, -0.1) is 11.3 Å². The van der Waals surface area contributed by atoms with Gasteiger partial charge in [0.25, 0.3) is 5.91 Å². The fourth-order valence-electron chi connectivity index (χ4n) is 0.831. The van der Waals surface area contributed by atoms with Crippen molar-refractivity contribution >= 4 is 22.4 Å². The molecule has 0 unspecified atom stereocenters. The maximum Gasteiger partial charge on any atom is 0.293 e. The number of hydrogen-bond acceptors (Lipinski definition) is 4. The van der Waals surface area contributed by atoms with E-state index in [0.29, 0.717) is 5.13 Å². The van der Waals surface area contributed by atoms with Crippen LogP contribution >= 0.6 is 11.3 Å². The van der Waals surface area contributed by atoms with Gasteiger partial charge in [0.15, 0.2) is 11.0 Å². The number of imidazole rings is 1. The molecule has 0 saturated carbocycles. The molecule has 6 heteroatoms. The maximum absolute atomic E-state index is 11.3. The molecule has 0 aromatic carbocycles. The molecule has 13 heavy (non-hydrogen) atoms. The number of thiazole rings is 1. The van der Waals surface area contributed by atoms with Gasteiger partial charge < -0.3 is 4.98 Å². The van der Waals surface area contributed by atoms with E-state index in [9.17, 15) is 4.79 Å². The Hall–Kier alpha value is -1.69. The lowest BCUT2D eigenvalue weighted by Gasteiger charge is -1.96. The third-order valence-corrected chi connectivity index (χ3v) is 2.05. The molecule has 0 bridgehead atoms. The molecule has 2 N–H and O–H groups in total. The van der Waals surface area contributed by atoms with Crippen LogP contribution in [0.1, 0.15) is 10.6 Å². The molecular weight excluding hydrogens is 188 g/mol. The van der Waals surface area contributed by atoms with Crippen molar-refractivity contribution in [2.75, 3.05) is 5.32 Å². The minimum absolute atomic E-state index is 0.278. The zero-order chi connectivity index (χ0) is 9.10. The molecule has 0 atom stereocenters. The molecule has 0 saturated heterocycles. The van der Waals surface area contributed by atoms with Crippen LogP contribution in [0, 0.1) is 0 Å². The summed E-state index contributed by atoms with van der Waals surface area (Å²) < 4.78 is 0. The molecule has 2 heterocycles. The number of nitrogens with zero attached hydrogens (tertiary/aromatic N) is 2. The zero-order valence-corrected chi connectivity index (χ0v) is 7.34. The van der Waals surface area contributed by atoms with E-state index < -0.39 is 0 Å². The smallest absolute Gasteiger partial charge is 0.293 e. The van der Waals surface area contributed by atoms with Crippen LogP contribution < -0.4 is 5.32 Å². The van der Waals surface area contributed by atoms with E-state index >= 15 is 0 Å². The predicted molar refractivity (Wildman–Crippen MR) is 48.7 cm³/mol. The van der Waals surface area contributed by atoms with Gasteiger partial charge in [0.1, 0.15) is 0 Å². The van der Waals surface area contributed by atoms with E-state index in [0.717, 1.165) is 0 Å². The molecule has 0 spiro atoms. The Kier molecular flexibility index (Phi) is 2.05. The molecular formula is C7H6N4OS. The van der Waals surface area contributed by atoms with Crippen LogP contribution in [-0.2, 0) is 0 Å². The van der Waals surface area contributed by atoms with E-state index in [-0.39, 0.29) is 11.7 Å². The van der Waals surface area contributed by atoms with Crippen LogP contribution in [0.2, 0.25) is 0 Å². The summed E-state index contributed by atoms with van der Waals surface area (Å²) in [6.45, 7) is 0. The predicted octanol–water partition coefficient (Wildman–Crippen LogP) is 1.12. The van der Waals surface area contributed by atoms with E-state index in [1.165, 1.54) is 17.5 Å².